The molecule has 0 bridgehead atoms. The number of methoxy groups -OCH3 is 1. The van der Waals surface area contributed by atoms with Crippen molar-refractivity contribution >= 4 is 17.8 Å². The number of aryl methyl sites for hydroxylation is 1. The van der Waals surface area contributed by atoms with Gasteiger partial charge in [-0.15, -0.1) is 0 Å². The lowest BCUT2D eigenvalue weighted by atomic mass is 10.1. The summed E-state index contributed by atoms with van der Waals surface area (Å²) in [6.07, 6.45) is 0.358. The average Bonchev–Trinajstić information content (AvgIpc) is 2.84. The van der Waals surface area contributed by atoms with Crippen LogP contribution in [0, 0.1) is 17.0 Å². The van der Waals surface area contributed by atoms with Gasteiger partial charge in [-0.25, -0.2) is 5.43 Å². The van der Waals surface area contributed by atoms with Gasteiger partial charge >= 0.3 is 0 Å². The molecule has 0 spiro atoms. The van der Waals surface area contributed by atoms with Crippen LogP contribution in [0.3, 0.4) is 0 Å². The minimum absolute atomic E-state index is 0.140. The third-order valence-corrected chi connectivity index (χ3v) is 4.89. The fraction of sp³-hybridized carbons (Fsp3) is 0.200. The third kappa shape index (κ3) is 6.32. The van der Waals surface area contributed by atoms with Crippen molar-refractivity contribution in [2.75, 3.05) is 7.11 Å². The minimum atomic E-state index is -0.823. The third-order valence-electron chi connectivity index (χ3n) is 4.89. The van der Waals surface area contributed by atoms with E-state index in [0.29, 0.717) is 11.5 Å². The highest BCUT2D eigenvalue weighted by atomic mass is 16.6. The number of nitro groups is 1. The molecule has 0 unspecified atom stereocenters. The molecule has 3 aromatic carbocycles. The maximum atomic E-state index is 12.3. The predicted octanol–water partition coefficient (Wildman–Crippen LogP) is 4.41. The van der Waals surface area contributed by atoms with Gasteiger partial charge in [-0.1, -0.05) is 48.5 Å². The number of para-hydroxylation sites is 1. The molecule has 3 rings (SSSR count). The van der Waals surface area contributed by atoms with E-state index in [-0.39, 0.29) is 23.6 Å². The molecule has 0 heterocycles. The normalized spacial score (nSPS) is 11.6. The molecule has 0 saturated heterocycles. The van der Waals surface area contributed by atoms with Crippen molar-refractivity contribution < 1.29 is 23.9 Å². The van der Waals surface area contributed by atoms with Crippen LogP contribution < -0.4 is 19.6 Å². The Bertz CT molecular complexity index is 1180. The Balaban J connectivity index is 1.71. The smallest absolute Gasteiger partial charge is 0.282 e. The zero-order chi connectivity index (χ0) is 24.5. The van der Waals surface area contributed by atoms with Gasteiger partial charge < -0.3 is 14.2 Å². The van der Waals surface area contributed by atoms with Gasteiger partial charge in [-0.05, 0) is 37.1 Å². The number of nitrogens with zero attached hydrogens (tertiary/aromatic N) is 2. The largest absolute Gasteiger partial charge is 0.493 e. The number of nitrogens with one attached hydrogen (secondary N) is 1. The van der Waals surface area contributed by atoms with Crippen molar-refractivity contribution in [1.29, 1.82) is 0 Å². The first-order valence-electron chi connectivity index (χ1n) is 10.5. The lowest BCUT2D eigenvalue weighted by molar-refractivity contribution is -0.385. The van der Waals surface area contributed by atoms with Gasteiger partial charge in [-0.3, -0.25) is 14.9 Å². The number of rotatable bonds is 10. The van der Waals surface area contributed by atoms with E-state index in [0.717, 1.165) is 11.1 Å². The zero-order valence-corrected chi connectivity index (χ0v) is 19.1. The van der Waals surface area contributed by atoms with Crippen molar-refractivity contribution in [3.8, 4) is 17.2 Å². The Kier molecular flexibility index (Phi) is 8.17. The molecule has 1 amide bonds. The number of hydrogen-bond donors (Lipinski definition) is 1. The highest BCUT2D eigenvalue weighted by Crippen LogP contribution is 2.34. The summed E-state index contributed by atoms with van der Waals surface area (Å²) < 4.78 is 16.7. The molecule has 34 heavy (non-hydrogen) atoms. The highest BCUT2D eigenvalue weighted by Gasteiger charge is 2.20. The van der Waals surface area contributed by atoms with Crippen LogP contribution in [0.5, 0.6) is 17.2 Å². The molecule has 0 aromatic heterocycles. The standard InChI is InChI=1S/C25H25N3O6/c1-17-9-7-8-12-22(17)34-18(2)25(29)27-26-15-20-13-23(32-3)24(14-21(20)28(30)31)33-16-19-10-5-4-6-11-19/h4-15,18H,16H2,1-3H3,(H,27,29)/b26-15-/t18-/m0/s1. The Hall–Kier alpha value is -4.40. The summed E-state index contributed by atoms with van der Waals surface area (Å²) in [5, 5.41) is 15.5. The van der Waals surface area contributed by atoms with E-state index in [1.807, 2.05) is 55.5 Å². The Morgan fingerprint density at radius 1 is 1.09 bits per heavy atom. The van der Waals surface area contributed by atoms with E-state index in [1.165, 1.54) is 25.5 Å². The van der Waals surface area contributed by atoms with E-state index < -0.39 is 16.9 Å². The molecular formula is C25H25N3O6. The van der Waals surface area contributed by atoms with Crippen LogP contribution in [0.15, 0.2) is 71.8 Å². The van der Waals surface area contributed by atoms with E-state index in [2.05, 4.69) is 10.5 Å². The van der Waals surface area contributed by atoms with Crippen molar-refractivity contribution in [1.82, 2.24) is 5.43 Å². The van der Waals surface area contributed by atoms with Crippen molar-refractivity contribution in [3.05, 3.63) is 93.5 Å². The molecule has 0 aliphatic rings. The number of amides is 1. The van der Waals surface area contributed by atoms with Crippen LogP contribution >= 0.6 is 0 Å². The molecule has 0 aliphatic carbocycles. The summed E-state index contributed by atoms with van der Waals surface area (Å²) >= 11 is 0. The number of carbonyl (C=O) groups is 1. The topological polar surface area (TPSA) is 112 Å². The minimum Gasteiger partial charge on any atom is -0.493 e. The second-order valence-corrected chi connectivity index (χ2v) is 7.35. The summed E-state index contributed by atoms with van der Waals surface area (Å²) in [5.74, 6) is 0.600. The van der Waals surface area contributed by atoms with Gasteiger partial charge in [0.25, 0.3) is 11.6 Å². The Morgan fingerprint density at radius 2 is 1.79 bits per heavy atom. The molecule has 3 aromatic rings. The molecule has 9 nitrogen and oxygen atoms in total. The maximum Gasteiger partial charge on any atom is 0.282 e. The Labute approximate surface area is 197 Å². The van der Waals surface area contributed by atoms with Crippen LogP contribution in [0.1, 0.15) is 23.6 Å². The number of hydrogen-bond acceptors (Lipinski definition) is 7. The molecule has 1 atom stereocenters. The van der Waals surface area contributed by atoms with Crippen LogP contribution in [-0.2, 0) is 11.4 Å². The summed E-state index contributed by atoms with van der Waals surface area (Å²) in [6.45, 7) is 3.68. The number of ether oxygens (including phenoxy) is 3. The van der Waals surface area contributed by atoms with Crippen molar-refractivity contribution in [3.63, 3.8) is 0 Å². The van der Waals surface area contributed by atoms with E-state index in [1.54, 1.807) is 13.0 Å². The summed E-state index contributed by atoms with van der Waals surface area (Å²) in [5.41, 5.74) is 4.04. The van der Waals surface area contributed by atoms with Gasteiger partial charge in [0.2, 0.25) is 0 Å². The zero-order valence-electron chi connectivity index (χ0n) is 19.1. The van der Waals surface area contributed by atoms with Gasteiger partial charge in [-0.2, -0.15) is 5.10 Å². The summed E-state index contributed by atoms with van der Waals surface area (Å²) in [7, 11) is 1.43. The summed E-state index contributed by atoms with van der Waals surface area (Å²) in [4.78, 5) is 23.4. The van der Waals surface area contributed by atoms with Gasteiger partial charge in [0, 0.05) is 0 Å². The fourth-order valence-electron chi connectivity index (χ4n) is 3.02. The number of benzene rings is 3. The Morgan fingerprint density at radius 3 is 2.47 bits per heavy atom. The van der Waals surface area contributed by atoms with E-state index in [9.17, 15) is 14.9 Å². The first-order valence-corrected chi connectivity index (χ1v) is 10.5. The fourth-order valence-corrected chi connectivity index (χ4v) is 3.02. The molecule has 176 valence electrons. The molecule has 0 aliphatic heterocycles. The maximum absolute atomic E-state index is 12.3. The van der Waals surface area contributed by atoms with Crippen molar-refractivity contribution in [2.45, 2.75) is 26.6 Å². The second-order valence-electron chi connectivity index (χ2n) is 7.35. The molecule has 0 saturated carbocycles. The van der Waals surface area contributed by atoms with E-state index in [4.69, 9.17) is 14.2 Å². The molecule has 1 N–H and O–H groups in total. The lowest BCUT2D eigenvalue weighted by Gasteiger charge is -2.14. The monoisotopic (exact) mass is 463 g/mol. The van der Waals surface area contributed by atoms with Crippen LogP contribution in [0.25, 0.3) is 0 Å². The van der Waals surface area contributed by atoms with Gasteiger partial charge in [0.05, 0.1) is 29.9 Å². The van der Waals surface area contributed by atoms with Crippen LogP contribution in [0.2, 0.25) is 0 Å². The number of hydrazone groups is 1. The summed E-state index contributed by atoms with van der Waals surface area (Å²) in [6, 6.07) is 19.4. The quantitative estimate of drug-likeness (QED) is 0.271. The van der Waals surface area contributed by atoms with Crippen LogP contribution in [0.4, 0.5) is 5.69 Å². The number of nitro benzene ring substituents is 1. The molecular weight excluding hydrogens is 438 g/mol. The molecule has 9 heteroatoms. The first kappa shape index (κ1) is 24.2. The lowest BCUT2D eigenvalue weighted by Crippen LogP contribution is -2.33. The second kappa shape index (κ2) is 11.5. The van der Waals surface area contributed by atoms with Crippen molar-refractivity contribution in [2.24, 2.45) is 5.10 Å². The van der Waals surface area contributed by atoms with Gasteiger partial charge in [0.15, 0.2) is 17.6 Å². The average molecular weight is 463 g/mol. The molecule has 0 fully saturated rings. The number of carbonyl (C=O) groups excluding carboxylic acids is 1. The molecule has 0 radical (unpaired) electrons. The first-order chi connectivity index (χ1) is 16.4. The SMILES string of the molecule is COc1cc(/C=N\NC(=O)[C@H](C)Oc2ccccc2C)c([N+](=O)[O-])cc1OCc1ccccc1. The van der Waals surface area contributed by atoms with E-state index >= 15 is 0 Å². The van der Waals surface area contributed by atoms with Crippen LogP contribution in [-0.4, -0.2) is 30.3 Å². The predicted molar refractivity (Wildman–Crippen MR) is 127 cm³/mol. The highest BCUT2D eigenvalue weighted by molar-refractivity contribution is 5.88. The van der Waals surface area contributed by atoms with Gasteiger partial charge in [0.1, 0.15) is 12.4 Å².